The molecule has 0 radical (unpaired) electrons. The number of benzene rings is 2. The number of non-ortho nitro benzene ring substituents is 1. The Kier molecular flexibility index (Phi) is 4.92. The summed E-state index contributed by atoms with van der Waals surface area (Å²) in [5.41, 5.74) is -0.293. The number of nitrogens with zero attached hydrogens (tertiary/aromatic N) is 2. The van der Waals surface area contributed by atoms with Crippen LogP contribution >= 0.6 is 22.9 Å². The highest BCUT2D eigenvalue weighted by Gasteiger charge is 2.18. The van der Waals surface area contributed by atoms with Gasteiger partial charge in [-0.2, -0.15) is 0 Å². The van der Waals surface area contributed by atoms with Gasteiger partial charge in [0.05, 0.1) is 21.2 Å². The number of carbonyl (C=O) groups is 1. The second-order valence-electron chi connectivity index (χ2n) is 5.04. The first kappa shape index (κ1) is 17.9. The number of rotatable bonds is 4. The number of carbonyl (C=O) groups excluding carboxylic acids is 1. The van der Waals surface area contributed by atoms with Gasteiger partial charge < -0.3 is 0 Å². The third-order valence-corrected chi connectivity index (χ3v) is 4.42. The van der Waals surface area contributed by atoms with Crippen molar-refractivity contribution in [1.29, 1.82) is 0 Å². The number of hydrogen-bond donors (Lipinski definition) is 1. The molecule has 3 rings (SSSR count). The normalized spacial score (nSPS) is 10.6. The topological polar surface area (TPSA) is 85.1 Å². The molecule has 0 atom stereocenters. The smallest absolute Gasteiger partial charge is 0.270 e. The van der Waals surface area contributed by atoms with Gasteiger partial charge in [-0.3, -0.25) is 20.2 Å². The van der Waals surface area contributed by atoms with E-state index in [1.54, 1.807) is 0 Å². The summed E-state index contributed by atoms with van der Waals surface area (Å²) in [5.74, 6) is -1.99. The van der Waals surface area contributed by atoms with E-state index in [1.807, 2.05) is 0 Å². The molecule has 2 aromatic carbocycles. The van der Waals surface area contributed by atoms with Crippen LogP contribution in [0.3, 0.4) is 0 Å². The van der Waals surface area contributed by atoms with Crippen molar-refractivity contribution in [3.05, 3.63) is 74.1 Å². The monoisotopic (exact) mass is 395 g/mol. The molecule has 0 aliphatic heterocycles. The molecule has 1 amide bonds. The lowest BCUT2D eigenvalue weighted by Gasteiger charge is -2.04. The molecular weight excluding hydrogens is 388 g/mol. The number of thiazole rings is 1. The summed E-state index contributed by atoms with van der Waals surface area (Å²) >= 11 is 6.90. The SMILES string of the molecule is O=C(Nc1nc(-c2cc(F)ccc2F)cs1)c1cc([N+](=O)[O-])ccc1Cl. The third kappa shape index (κ3) is 3.68. The lowest BCUT2D eigenvalue weighted by Crippen LogP contribution is -2.12. The van der Waals surface area contributed by atoms with E-state index in [2.05, 4.69) is 10.3 Å². The summed E-state index contributed by atoms with van der Waals surface area (Å²) in [6.07, 6.45) is 0. The van der Waals surface area contributed by atoms with Crippen LogP contribution in [0.1, 0.15) is 10.4 Å². The first-order valence-electron chi connectivity index (χ1n) is 7.01. The van der Waals surface area contributed by atoms with E-state index in [9.17, 15) is 23.7 Å². The molecule has 0 aliphatic rings. The molecule has 0 aliphatic carbocycles. The van der Waals surface area contributed by atoms with Crippen LogP contribution in [-0.2, 0) is 0 Å². The highest BCUT2D eigenvalue weighted by Crippen LogP contribution is 2.29. The van der Waals surface area contributed by atoms with Crippen LogP contribution in [0.2, 0.25) is 5.02 Å². The Bertz CT molecular complexity index is 1030. The fourth-order valence-corrected chi connectivity index (χ4v) is 3.02. The molecule has 0 bridgehead atoms. The minimum atomic E-state index is -0.709. The predicted molar refractivity (Wildman–Crippen MR) is 93.5 cm³/mol. The number of amides is 1. The van der Waals surface area contributed by atoms with Crippen molar-refractivity contribution in [3.8, 4) is 11.3 Å². The van der Waals surface area contributed by atoms with Crippen molar-refractivity contribution < 1.29 is 18.5 Å². The average Bonchev–Trinajstić information content (AvgIpc) is 3.05. The van der Waals surface area contributed by atoms with Gasteiger partial charge in [-0.25, -0.2) is 13.8 Å². The van der Waals surface area contributed by atoms with Gasteiger partial charge in [0.25, 0.3) is 11.6 Å². The minimum Gasteiger partial charge on any atom is -0.298 e. The van der Waals surface area contributed by atoms with E-state index in [1.165, 1.54) is 17.5 Å². The largest absolute Gasteiger partial charge is 0.298 e. The summed E-state index contributed by atoms with van der Waals surface area (Å²) in [6.45, 7) is 0. The van der Waals surface area contributed by atoms with Crippen molar-refractivity contribution in [2.24, 2.45) is 0 Å². The summed E-state index contributed by atoms with van der Waals surface area (Å²) in [4.78, 5) is 26.5. The summed E-state index contributed by atoms with van der Waals surface area (Å²) < 4.78 is 27.1. The molecule has 6 nitrogen and oxygen atoms in total. The number of aromatic nitrogens is 1. The zero-order chi connectivity index (χ0) is 18.8. The Labute approximate surface area is 154 Å². The van der Waals surface area contributed by atoms with Gasteiger partial charge in [0, 0.05) is 23.1 Å². The Hall–Kier alpha value is -2.91. The fraction of sp³-hybridized carbons (Fsp3) is 0. The lowest BCUT2D eigenvalue weighted by atomic mass is 10.1. The Morgan fingerprint density at radius 2 is 2.00 bits per heavy atom. The van der Waals surface area contributed by atoms with Crippen LogP contribution in [-0.4, -0.2) is 15.8 Å². The van der Waals surface area contributed by atoms with E-state index in [0.29, 0.717) is 0 Å². The molecule has 10 heteroatoms. The standard InChI is InChI=1S/C16H8ClF2N3O3S/c17-12-3-2-9(22(24)25)6-10(12)15(23)21-16-20-14(7-26-16)11-5-8(18)1-4-13(11)19/h1-7H,(H,20,21,23). The van der Waals surface area contributed by atoms with Crippen molar-refractivity contribution in [2.75, 3.05) is 5.32 Å². The second kappa shape index (κ2) is 7.14. The van der Waals surface area contributed by atoms with Crippen LogP contribution in [0.5, 0.6) is 0 Å². The molecule has 3 aromatic rings. The van der Waals surface area contributed by atoms with Crippen molar-refractivity contribution in [2.45, 2.75) is 0 Å². The number of nitro groups is 1. The van der Waals surface area contributed by atoms with E-state index < -0.39 is 22.5 Å². The molecule has 132 valence electrons. The molecule has 1 N–H and O–H groups in total. The molecule has 0 unspecified atom stereocenters. The van der Waals surface area contributed by atoms with Gasteiger partial charge in [0.2, 0.25) is 0 Å². The zero-order valence-corrected chi connectivity index (χ0v) is 14.3. The maximum Gasteiger partial charge on any atom is 0.270 e. The maximum atomic E-state index is 13.8. The van der Waals surface area contributed by atoms with Gasteiger partial charge in [-0.05, 0) is 24.3 Å². The summed E-state index contributed by atoms with van der Waals surface area (Å²) in [7, 11) is 0. The molecule has 0 saturated carbocycles. The van der Waals surface area contributed by atoms with Gasteiger partial charge in [-0.15, -0.1) is 11.3 Å². The first-order valence-corrected chi connectivity index (χ1v) is 8.27. The number of hydrogen-bond acceptors (Lipinski definition) is 5. The third-order valence-electron chi connectivity index (χ3n) is 3.33. The molecule has 1 aromatic heterocycles. The summed E-state index contributed by atoms with van der Waals surface area (Å²) in [5, 5.41) is 14.8. The Morgan fingerprint density at radius 3 is 2.73 bits per heavy atom. The van der Waals surface area contributed by atoms with Crippen molar-refractivity contribution in [3.63, 3.8) is 0 Å². The maximum absolute atomic E-state index is 13.8. The predicted octanol–water partition coefficient (Wildman–Crippen LogP) is 4.90. The van der Waals surface area contributed by atoms with Gasteiger partial charge >= 0.3 is 0 Å². The van der Waals surface area contributed by atoms with Gasteiger partial charge in [0.15, 0.2) is 5.13 Å². The van der Waals surface area contributed by atoms with Gasteiger partial charge in [-0.1, -0.05) is 11.6 Å². The van der Waals surface area contributed by atoms with Crippen LogP contribution in [0, 0.1) is 21.7 Å². The summed E-state index contributed by atoms with van der Waals surface area (Å²) in [6, 6.07) is 6.41. The first-order chi connectivity index (χ1) is 12.3. The Balaban J connectivity index is 1.86. The van der Waals surface area contributed by atoms with Crippen LogP contribution in [0.25, 0.3) is 11.3 Å². The van der Waals surface area contributed by atoms with Crippen LogP contribution in [0.4, 0.5) is 19.6 Å². The molecule has 0 fully saturated rings. The highest BCUT2D eigenvalue weighted by molar-refractivity contribution is 7.14. The number of nitro benzene ring substituents is 1. The molecular formula is C16H8ClF2N3O3S. The van der Waals surface area contributed by atoms with Crippen LogP contribution < -0.4 is 5.32 Å². The minimum absolute atomic E-state index is 0.0288. The van der Waals surface area contributed by atoms with Crippen molar-refractivity contribution >= 4 is 39.7 Å². The quantitative estimate of drug-likeness (QED) is 0.502. The highest BCUT2D eigenvalue weighted by atomic mass is 35.5. The fourth-order valence-electron chi connectivity index (χ4n) is 2.11. The number of anilines is 1. The number of halogens is 3. The Morgan fingerprint density at radius 1 is 1.23 bits per heavy atom. The van der Waals surface area contributed by atoms with E-state index in [4.69, 9.17) is 11.6 Å². The van der Waals surface area contributed by atoms with Crippen molar-refractivity contribution in [1.82, 2.24) is 4.98 Å². The lowest BCUT2D eigenvalue weighted by molar-refractivity contribution is -0.384. The zero-order valence-electron chi connectivity index (χ0n) is 12.7. The molecule has 0 spiro atoms. The van der Waals surface area contributed by atoms with E-state index in [-0.39, 0.29) is 32.7 Å². The number of nitrogens with one attached hydrogen (secondary N) is 1. The molecule has 1 heterocycles. The second-order valence-corrected chi connectivity index (χ2v) is 6.30. The molecule has 26 heavy (non-hydrogen) atoms. The van der Waals surface area contributed by atoms with E-state index in [0.717, 1.165) is 35.6 Å². The average molecular weight is 396 g/mol. The van der Waals surface area contributed by atoms with Gasteiger partial charge in [0.1, 0.15) is 11.6 Å². The van der Waals surface area contributed by atoms with E-state index >= 15 is 0 Å². The molecule has 0 saturated heterocycles. The van der Waals surface area contributed by atoms with Crippen LogP contribution in [0.15, 0.2) is 41.8 Å².